The van der Waals surface area contributed by atoms with Crippen molar-refractivity contribution in [1.82, 2.24) is 29.0 Å². The lowest BCUT2D eigenvalue weighted by Gasteiger charge is -2.44. The van der Waals surface area contributed by atoms with E-state index in [1.54, 1.807) is 16.4 Å². The summed E-state index contributed by atoms with van der Waals surface area (Å²) in [5.74, 6) is -0.688. The summed E-state index contributed by atoms with van der Waals surface area (Å²) in [5.41, 5.74) is -1.51. The molecule has 4 heterocycles. The minimum Gasteiger partial charge on any atom is -0.380 e. The molecule has 0 radical (unpaired) electrons. The van der Waals surface area contributed by atoms with Crippen LogP contribution in [0.25, 0.3) is 5.57 Å². The number of carbonyl (C=O) groups is 1. The maximum Gasteiger partial charge on any atom is 0.501 e. The average molecular weight is 1220 g/mol. The Kier molecular flexibility index (Phi) is 20.2. The number of rotatable bonds is 20. The molecule has 0 bridgehead atoms. The first-order chi connectivity index (χ1) is 38.7. The number of sulfone groups is 1. The van der Waals surface area contributed by atoms with E-state index in [9.17, 15) is 43.2 Å². The zero-order valence-electron chi connectivity index (χ0n) is 45.7. The van der Waals surface area contributed by atoms with Crippen molar-refractivity contribution in [1.29, 1.82) is 0 Å². The highest BCUT2D eigenvalue weighted by Gasteiger charge is 2.49. The van der Waals surface area contributed by atoms with Crippen molar-refractivity contribution in [3.8, 4) is 0 Å². The van der Waals surface area contributed by atoms with E-state index in [1.807, 2.05) is 47.2 Å². The zero-order valence-corrected chi connectivity index (χ0v) is 49.7. The molecule has 442 valence electrons. The van der Waals surface area contributed by atoms with Gasteiger partial charge in [0.25, 0.3) is 25.8 Å². The van der Waals surface area contributed by atoms with Crippen LogP contribution in [0.3, 0.4) is 0 Å². The van der Waals surface area contributed by atoms with Crippen molar-refractivity contribution < 1.29 is 48.0 Å². The maximum atomic E-state index is 14.3. The molecular weight excluding hydrogens is 1150 g/mol. The second kappa shape index (κ2) is 26.8. The second-order valence-electron chi connectivity index (χ2n) is 22.2. The van der Waals surface area contributed by atoms with Crippen molar-refractivity contribution >= 4 is 76.1 Å². The summed E-state index contributed by atoms with van der Waals surface area (Å²) in [7, 11) is -14.3. The van der Waals surface area contributed by atoms with Gasteiger partial charge in [-0.05, 0) is 141 Å². The van der Waals surface area contributed by atoms with E-state index in [-0.39, 0.29) is 16.2 Å². The molecule has 4 saturated heterocycles. The number of ether oxygens (including phenoxy) is 1. The summed E-state index contributed by atoms with van der Waals surface area (Å²) in [6.07, 6.45) is 5.37. The average Bonchev–Trinajstić information content (AvgIpc) is 3.74. The van der Waals surface area contributed by atoms with Gasteiger partial charge in [0.15, 0.2) is 0 Å². The van der Waals surface area contributed by atoms with E-state index >= 15 is 0 Å². The molecule has 0 unspecified atom stereocenters. The van der Waals surface area contributed by atoms with Gasteiger partial charge in [-0.3, -0.25) is 9.69 Å². The van der Waals surface area contributed by atoms with Gasteiger partial charge in [-0.2, -0.15) is 17.5 Å². The van der Waals surface area contributed by atoms with Gasteiger partial charge in [0.1, 0.15) is 4.90 Å². The van der Waals surface area contributed by atoms with Gasteiger partial charge in [-0.15, -0.1) is 11.8 Å². The molecule has 2 atom stereocenters. The molecule has 81 heavy (non-hydrogen) atoms. The number of amides is 1. The molecular formula is C57H74ClF3N8O8S4. The Bertz CT molecular complexity index is 3150. The van der Waals surface area contributed by atoms with E-state index in [0.717, 1.165) is 99.8 Å². The SMILES string of the molecule is C[C@@]1(CN2CCN(S(=O)(=O)C3CCNCC3)CC2)CCC(c2ccc(Cl)cc2)=C(CN2CCN(c3ccc(C(=O)NS(=O)(=O)c4ccc(N[C@H](CCN5CCCOCC5)CSc5ccccc5)c(S(=O)(=O)C(F)(F)F)c4)cc3)CC2)C1. The number of alkyl halides is 3. The van der Waals surface area contributed by atoms with Gasteiger partial charge >= 0.3 is 5.51 Å². The summed E-state index contributed by atoms with van der Waals surface area (Å²) >= 11 is 7.78. The number of hydrogen-bond donors (Lipinski definition) is 3. The van der Waals surface area contributed by atoms with Crippen molar-refractivity contribution in [2.45, 2.75) is 83.4 Å². The molecule has 3 N–H and O–H groups in total. The van der Waals surface area contributed by atoms with Crippen molar-refractivity contribution in [3.05, 3.63) is 119 Å². The fraction of sp³-hybridized carbons (Fsp3) is 0.526. The van der Waals surface area contributed by atoms with Crippen LogP contribution in [0.2, 0.25) is 5.02 Å². The Hall–Kier alpha value is -4.27. The number of piperidine rings is 1. The van der Waals surface area contributed by atoms with Crippen LogP contribution < -0.4 is 20.3 Å². The molecule has 0 aromatic heterocycles. The molecule has 4 fully saturated rings. The van der Waals surface area contributed by atoms with Crippen molar-refractivity contribution in [2.75, 3.05) is 127 Å². The zero-order chi connectivity index (χ0) is 57.4. The molecule has 9 rings (SSSR count). The van der Waals surface area contributed by atoms with Crippen LogP contribution in [-0.4, -0.2) is 184 Å². The Labute approximate surface area is 485 Å². The molecule has 5 aliphatic rings. The van der Waals surface area contributed by atoms with Crippen LogP contribution >= 0.6 is 23.4 Å². The lowest BCUT2D eigenvalue weighted by Crippen LogP contribution is -2.54. The number of nitrogens with one attached hydrogen (secondary N) is 3. The minimum absolute atomic E-state index is 0.00937. The van der Waals surface area contributed by atoms with Gasteiger partial charge in [0.2, 0.25) is 10.0 Å². The summed E-state index contributed by atoms with van der Waals surface area (Å²) in [6.45, 7) is 13.9. The lowest BCUT2D eigenvalue weighted by atomic mass is 9.71. The third kappa shape index (κ3) is 15.7. The molecule has 4 aliphatic heterocycles. The summed E-state index contributed by atoms with van der Waals surface area (Å²) in [6, 6.07) is 25.7. The number of anilines is 2. The van der Waals surface area contributed by atoms with Gasteiger partial charge in [0, 0.05) is 125 Å². The standard InChI is InChI=1S/C57H74ClF3N8O8S4/c1-56(42-67-29-33-69(34-30-67)81(75,76)50-19-23-62-24-20-50)22-18-52(43-8-12-46(58)13-9-43)45(39-56)40-66-27-31-68(32-28-66)48-14-10-44(11-15-48)55(70)64-80(73,74)51-16-17-53(54(38-51)79(71,72)57(59,60)61)63-47(41-78-49-6-3-2-4-7-49)21-26-65-25-5-36-77-37-35-65/h2-4,6-17,38,47,50,62-63H,5,18-37,39-42H2,1H3,(H,64,70)/t47-,56-/m1/s1. The normalized spacial score (nSPS) is 21.6. The fourth-order valence-electron chi connectivity index (χ4n) is 11.7. The summed E-state index contributed by atoms with van der Waals surface area (Å²) in [4.78, 5) is 21.6. The quantitative estimate of drug-likeness (QED) is 0.0727. The number of sulfonamides is 2. The first-order valence-electron chi connectivity index (χ1n) is 27.9. The van der Waals surface area contributed by atoms with E-state index in [2.05, 4.69) is 49.3 Å². The Morgan fingerprint density at radius 1 is 0.815 bits per heavy atom. The molecule has 4 aromatic carbocycles. The van der Waals surface area contributed by atoms with Crippen LogP contribution in [0.15, 0.2) is 117 Å². The van der Waals surface area contributed by atoms with Crippen molar-refractivity contribution in [3.63, 3.8) is 0 Å². The minimum atomic E-state index is -6.09. The van der Waals surface area contributed by atoms with Gasteiger partial charge in [0.05, 0.1) is 22.4 Å². The fourth-order valence-corrected chi connectivity index (χ4v) is 16.8. The predicted octanol–water partition coefficient (Wildman–Crippen LogP) is 7.90. The van der Waals surface area contributed by atoms with Crippen LogP contribution in [-0.2, 0) is 34.6 Å². The molecule has 24 heteroatoms. The number of halogens is 4. The number of hydrogen-bond acceptors (Lipinski definition) is 15. The van der Waals surface area contributed by atoms with Crippen LogP contribution in [0.1, 0.15) is 67.8 Å². The monoisotopic (exact) mass is 1220 g/mol. The van der Waals surface area contributed by atoms with Crippen LogP contribution in [0.5, 0.6) is 0 Å². The molecule has 0 spiro atoms. The molecule has 16 nitrogen and oxygen atoms in total. The molecule has 0 saturated carbocycles. The maximum absolute atomic E-state index is 14.3. The smallest absolute Gasteiger partial charge is 0.380 e. The highest BCUT2D eigenvalue weighted by Crippen LogP contribution is 2.44. The lowest BCUT2D eigenvalue weighted by molar-refractivity contribution is -0.0436. The first-order valence-corrected chi connectivity index (χ1v) is 33.7. The van der Waals surface area contributed by atoms with Crippen LogP contribution in [0.4, 0.5) is 24.5 Å². The number of allylic oxidation sites excluding steroid dienone is 1. The number of benzene rings is 4. The Morgan fingerprint density at radius 2 is 1.51 bits per heavy atom. The number of thioether (sulfide) groups is 1. The predicted molar refractivity (Wildman–Crippen MR) is 314 cm³/mol. The summed E-state index contributed by atoms with van der Waals surface area (Å²) < 4.78 is 133. The number of carbonyl (C=O) groups excluding carboxylic acids is 1. The second-order valence-corrected chi connectivity index (χ2v) is 29.5. The van der Waals surface area contributed by atoms with Gasteiger partial charge in [-0.25, -0.2) is 30.0 Å². The third-order valence-electron chi connectivity index (χ3n) is 16.3. The van der Waals surface area contributed by atoms with E-state index in [0.29, 0.717) is 102 Å². The number of piperazine rings is 2. The molecule has 1 aliphatic carbocycles. The Morgan fingerprint density at radius 3 is 2.20 bits per heavy atom. The molecule has 1 amide bonds. The third-order valence-corrected chi connectivity index (χ3v) is 23.0. The van der Waals surface area contributed by atoms with Crippen molar-refractivity contribution in [2.24, 2.45) is 5.41 Å². The van der Waals surface area contributed by atoms with Gasteiger partial charge in [-0.1, -0.05) is 54.4 Å². The van der Waals surface area contributed by atoms with E-state index in [4.69, 9.17) is 16.3 Å². The highest BCUT2D eigenvalue weighted by molar-refractivity contribution is 7.99. The van der Waals surface area contributed by atoms with Gasteiger partial charge < -0.3 is 30.1 Å². The van der Waals surface area contributed by atoms with E-state index < -0.39 is 62.8 Å². The number of nitrogens with zero attached hydrogens (tertiary/aromatic N) is 5. The highest BCUT2D eigenvalue weighted by atomic mass is 35.5. The largest absolute Gasteiger partial charge is 0.501 e. The van der Waals surface area contributed by atoms with Crippen LogP contribution in [0, 0.1) is 5.41 Å². The van der Waals surface area contributed by atoms with E-state index in [1.165, 1.54) is 35.0 Å². The topological polar surface area (TPSA) is 181 Å². The molecule has 4 aromatic rings. The summed E-state index contributed by atoms with van der Waals surface area (Å²) in [5, 5.41) is 6.66. The Balaban J connectivity index is 0.827. The first kappa shape index (κ1) is 61.3.